The van der Waals surface area contributed by atoms with E-state index in [-0.39, 0.29) is 30.0 Å². The number of aryl methyl sites for hydroxylation is 1. The van der Waals surface area contributed by atoms with Crippen LogP contribution in [0.4, 0.5) is 0 Å². The number of rotatable bonds is 6. The van der Waals surface area contributed by atoms with Crippen molar-refractivity contribution in [2.75, 3.05) is 20.3 Å². The summed E-state index contributed by atoms with van der Waals surface area (Å²) in [5.41, 5.74) is 1.31. The molecule has 0 spiro atoms. The van der Waals surface area contributed by atoms with Gasteiger partial charge in [-0.3, -0.25) is 0 Å². The van der Waals surface area contributed by atoms with E-state index in [2.05, 4.69) is 47.8 Å². The van der Waals surface area contributed by atoms with Crippen molar-refractivity contribution in [3.05, 3.63) is 21.9 Å². The number of hydrogen-bond donors (Lipinski definition) is 2. The average molecular weight is 397 g/mol. The molecule has 0 saturated carbocycles. The molecule has 4 nitrogen and oxygen atoms in total. The van der Waals surface area contributed by atoms with Crippen molar-refractivity contribution in [1.29, 1.82) is 0 Å². The number of nitrogens with one attached hydrogen (secondary N) is 2. The lowest BCUT2D eigenvalue weighted by molar-refractivity contribution is 0.179. The van der Waals surface area contributed by atoms with Gasteiger partial charge in [0.05, 0.1) is 13.2 Å². The van der Waals surface area contributed by atoms with Gasteiger partial charge in [-0.1, -0.05) is 0 Å². The van der Waals surface area contributed by atoms with E-state index in [1.54, 1.807) is 18.4 Å². The topological polar surface area (TPSA) is 45.7 Å². The number of hydrogen-bond acceptors (Lipinski definition) is 3. The monoisotopic (exact) mass is 397 g/mol. The zero-order valence-corrected chi connectivity index (χ0v) is 15.2. The van der Waals surface area contributed by atoms with Gasteiger partial charge in [0.2, 0.25) is 0 Å². The van der Waals surface area contributed by atoms with Crippen LogP contribution in [-0.4, -0.2) is 32.3 Å². The van der Waals surface area contributed by atoms with Gasteiger partial charge >= 0.3 is 0 Å². The van der Waals surface area contributed by atoms with Crippen LogP contribution in [0.2, 0.25) is 0 Å². The normalized spacial score (nSPS) is 12.7. The molecule has 0 aliphatic heterocycles. The van der Waals surface area contributed by atoms with Crippen molar-refractivity contribution in [3.63, 3.8) is 0 Å². The highest BCUT2D eigenvalue weighted by Crippen LogP contribution is 2.16. The Bertz CT molecular complexity index is 382. The summed E-state index contributed by atoms with van der Waals surface area (Å²) < 4.78 is 5.11. The highest BCUT2D eigenvalue weighted by Gasteiger charge is 2.05. The fourth-order valence-electron chi connectivity index (χ4n) is 1.56. The molecule has 0 fully saturated rings. The van der Waals surface area contributed by atoms with E-state index in [0.717, 1.165) is 19.0 Å². The molecule has 1 atom stereocenters. The minimum absolute atomic E-state index is 0. The van der Waals surface area contributed by atoms with E-state index in [1.165, 1.54) is 10.4 Å². The molecule has 1 unspecified atom stereocenters. The van der Waals surface area contributed by atoms with Crippen LogP contribution in [0.1, 0.15) is 24.3 Å². The van der Waals surface area contributed by atoms with Gasteiger partial charge in [-0.15, -0.1) is 35.3 Å². The number of ether oxygens (including phenoxy) is 1. The number of thiophene rings is 1. The zero-order chi connectivity index (χ0) is 13.4. The number of halogens is 1. The fourth-order valence-corrected chi connectivity index (χ4v) is 2.39. The second-order valence-corrected chi connectivity index (χ2v) is 5.22. The Kier molecular flexibility index (Phi) is 10.3. The van der Waals surface area contributed by atoms with Crippen molar-refractivity contribution in [2.45, 2.75) is 33.4 Å². The highest BCUT2D eigenvalue weighted by molar-refractivity contribution is 14.0. The van der Waals surface area contributed by atoms with Crippen LogP contribution in [0, 0.1) is 6.92 Å². The Balaban J connectivity index is 0.00000324. The first-order chi connectivity index (χ1) is 8.67. The van der Waals surface area contributed by atoms with Gasteiger partial charge in [-0.2, -0.15) is 0 Å². The summed E-state index contributed by atoms with van der Waals surface area (Å²) in [7, 11) is 1.71. The van der Waals surface area contributed by atoms with Gasteiger partial charge in [0.15, 0.2) is 5.96 Å². The Morgan fingerprint density at radius 3 is 2.79 bits per heavy atom. The van der Waals surface area contributed by atoms with E-state index in [1.807, 2.05) is 0 Å². The molecule has 0 aliphatic rings. The largest absolute Gasteiger partial charge is 0.383 e. The van der Waals surface area contributed by atoms with Crippen molar-refractivity contribution in [3.8, 4) is 0 Å². The first-order valence-corrected chi connectivity index (χ1v) is 7.12. The Labute approximate surface area is 137 Å². The lowest BCUT2D eigenvalue weighted by Crippen LogP contribution is -2.43. The second kappa shape index (κ2) is 10.4. The van der Waals surface area contributed by atoms with E-state index in [4.69, 9.17) is 4.74 Å². The van der Waals surface area contributed by atoms with Crippen molar-refractivity contribution in [2.24, 2.45) is 4.99 Å². The van der Waals surface area contributed by atoms with Crippen LogP contribution in [0.3, 0.4) is 0 Å². The molecule has 1 rings (SSSR count). The van der Waals surface area contributed by atoms with E-state index < -0.39 is 0 Å². The van der Waals surface area contributed by atoms with Gasteiger partial charge < -0.3 is 15.4 Å². The van der Waals surface area contributed by atoms with Crippen LogP contribution in [-0.2, 0) is 11.3 Å². The molecule has 0 saturated heterocycles. The molecule has 0 amide bonds. The molecule has 0 radical (unpaired) electrons. The van der Waals surface area contributed by atoms with Gasteiger partial charge in [0.1, 0.15) is 0 Å². The Morgan fingerprint density at radius 2 is 2.26 bits per heavy atom. The molecule has 2 N–H and O–H groups in total. The van der Waals surface area contributed by atoms with Gasteiger partial charge in [0, 0.05) is 24.6 Å². The third kappa shape index (κ3) is 7.12. The number of aliphatic imine (C=N–C) groups is 1. The lowest BCUT2D eigenvalue weighted by Gasteiger charge is -2.16. The SMILES string of the molecule is CCNC(=NCc1sccc1C)NC(C)COC.I. The van der Waals surface area contributed by atoms with Gasteiger partial charge in [-0.05, 0) is 37.8 Å². The maximum absolute atomic E-state index is 5.11. The molecule has 0 bridgehead atoms. The van der Waals surface area contributed by atoms with Crippen molar-refractivity contribution in [1.82, 2.24) is 10.6 Å². The van der Waals surface area contributed by atoms with Crippen LogP contribution in [0.5, 0.6) is 0 Å². The predicted molar refractivity (Wildman–Crippen MR) is 93.8 cm³/mol. The van der Waals surface area contributed by atoms with Crippen LogP contribution in [0.25, 0.3) is 0 Å². The average Bonchev–Trinajstić information content (AvgIpc) is 2.72. The van der Waals surface area contributed by atoms with E-state index in [0.29, 0.717) is 6.61 Å². The maximum Gasteiger partial charge on any atom is 0.191 e. The Hall–Kier alpha value is -0.340. The minimum Gasteiger partial charge on any atom is -0.383 e. The first kappa shape index (κ1) is 18.7. The summed E-state index contributed by atoms with van der Waals surface area (Å²) in [6, 6.07) is 2.38. The zero-order valence-electron chi connectivity index (χ0n) is 12.0. The molecular formula is C13H24IN3OS. The van der Waals surface area contributed by atoms with Crippen LogP contribution < -0.4 is 10.6 Å². The van der Waals surface area contributed by atoms with Crippen LogP contribution >= 0.6 is 35.3 Å². The summed E-state index contributed by atoms with van der Waals surface area (Å²) >= 11 is 1.75. The summed E-state index contributed by atoms with van der Waals surface area (Å²) in [6.45, 7) is 8.51. The van der Waals surface area contributed by atoms with Crippen molar-refractivity contribution >= 4 is 41.3 Å². The van der Waals surface area contributed by atoms with Crippen LogP contribution in [0.15, 0.2) is 16.4 Å². The summed E-state index contributed by atoms with van der Waals surface area (Å²) in [5, 5.41) is 8.67. The molecule has 19 heavy (non-hydrogen) atoms. The van der Waals surface area contributed by atoms with E-state index >= 15 is 0 Å². The summed E-state index contributed by atoms with van der Waals surface area (Å²) in [5.74, 6) is 0.842. The predicted octanol–water partition coefficient (Wildman–Crippen LogP) is 2.76. The number of guanidine groups is 1. The minimum atomic E-state index is 0. The fraction of sp³-hybridized carbons (Fsp3) is 0.615. The molecule has 6 heteroatoms. The number of methoxy groups -OCH3 is 1. The van der Waals surface area contributed by atoms with Gasteiger partial charge in [-0.25, -0.2) is 4.99 Å². The van der Waals surface area contributed by atoms with E-state index in [9.17, 15) is 0 Å². The highest BCUT2D eigenvalue weighted by atomic mass is 127. The quantitative estimate of drug-likeness (QED) is 0.441. The standard InChI is InChI=1S/C13H23N3OS.HI/c1-5-14-13(16-11(3)9-17-4)15-8-12-10(2)6-7-18-12;/h6-7,11H,5,8-9H2,1-4H3,(H2,14,15,16);1H. The Morgan fingerprint density at radius 1 is 1.53 bits per heavy atom. The molecule has 1 heterocycles. The lowest BCUT2D eigenvalue weighted by atomic mass is 10.3. The van der Waals surface area contributed by atoms with Crippen molar-refractivity contribution < 1.29 is 4.74 Å². The molecule has 1 aromatic rings. The molecular weight excluding hydrogens is 373 g/mol. The molecule has 1 aromatic heterocycles. The third-order valence-corrected chi connectivity index (χ3v) is 3.50. The second-order valence-electron chi connectivity index (χ2n) is 4.22. The molecule has 110 valence electrons. The number of nitrogens with zero attached hydrogens (tertiary/aromatic N) is 1. The van der Waals surface area contributed by atoms with Gasteiger partial charge in [0.25, 0.3) is 0 Å². The molecule has 0 aromatic carbocycles. The summed E-state index contributed by atoms with van der Waals surface area (Å²) in [6.07, 6.45) is 0. The third-order valence-electron chi connectivity index (χ3n) is 2.49. The first-order valence-electron chi connectivity index (χ1n) is 6.24. The molecule has 0 aliphatic carbocycles. The summed E-state index contributed by atoms with van der Waals surface area (Å²) in [4.78, 5) is 5.90. The smallest absolute Gasteiger partial charge is 0.191 e. The maximum atomic E-state index is 5.11.